The Bertz CT molecular complexity index is 3920. The molecule has 2 bridgehead atoms. The molecule has 2 aliphatic heterocycles. The van der Waals surface area contributed by atoms with Gasteiger partial charge in [0.1, 0.15) is 41.0 Å². The maximum Gasteiger partial charge on any atom is 0.338 e. The van der Waals surface area contributed by atoms with Gasteiger partial charge in [-0.2, -0.15) is 0 Å². The number of amides is 1. The number of fused-ring (bicyclic) bond motifs is 7. The minimum absolute atomic E-state index is 0.00289. The summed E-state index contributed by atoms with van der Waals surface area (Å²) in [5.41, 5.74) is -4.92. The van der Waals surface area contributed by atoms with Crippen LogP contribution >= 0.6 is 0 Å². The van der Waals surface area contributed by atoms with E-state index in [9.17, 15) is 59.1 Å². The van der Waals surface area contributed by atoms with Crippen LogP contribution in [-0.4, -0.2) is 122 Å². The molecule has 2 saturated carbocycles. The fourth-order valence-corrected chi connectivity index (χ4v) is 13.2. The monoisotopic (exact) mass is 1190 g/mol. The maximum absolute atomic E-state index is 15.5. The largest absolute Gasteiger partial charge is 0.508 e. The first-order valence-corrected chi connectivity index (χ1v) is 28.0. The molecule has 11 atom stereocenters. The summed E-state index contributed by atoms with van der Waals surface area (Å²) in [4.78, 5) is 107. The van der Waals surface area contributed by atoms with E-state index < -0.39 is 119 Å². The molecular weight excluding hydrogens is 1120 g/mol. The van der Waals surface area contributed by atoms with Crippen molar-refractivity contribution in [3.8, 4) is 28.2 Å². The van der Waals surface area contributed by atoms with Crippen LogP contribution in [0.25, 0.3) is 33.4 Å². The van der Waals surface area contributed by atoms with Gasteiger partial charge in [0.25, 0.3) is 5.91 Å². The Morgan fingerprint density at radius 2 is 1.37 bits per heavy atom. The van der Waals surface area contributed by atoms with E-state index in [1.165, 1.54) is 56.3 Å². The van der Waals surface area contributed by atoms with Crippen LogP contribution in [0.5, 0.6) is 5.75 Å². The lowest BCUT2D eigenvalue weighted by Crippen LogP contribution is -2.82. The van der Waals surface area contributed by atoms with Crippen molar-refractivity contribution in [2.75, 3.05) is 6.61 Å². The van der Waals surface area contributed by atoms with Gasteiger partial charge in [0.2, 0.25) is 0 Å². The highest BCUT2D eigenvalue weighted by Crippen LogP contribution is 2.64. The number of aliphatic hydroxyl groups excluding tert-OH is 2. The van der Waals surface area contributed by atoms with E-state index >= 15 is 4.79 Å². The lowest BCUT2D eigenvalue weighted by Gasteiger charge is -2.67. The number of aromatic hydroxyl groups is 1. The number of benzene rings is 6. The second-order valence-corrected chi connectivity index (χ2v) is 23.0. The number of hydrogen-bond donors (Lipinski definition) is 6. The number of esters is 4. The van der Waals surface area contributed by atoms with E-state index in [1.54, 1.807) is 123 Å². The average molecular weight is 1190 g/mol. The highest BCUT2D eigenvalue weighted by molar-refractivity contribution is 6.07. The molecule has 0 unspecified atom stereocenters. The molecule has 0 aromatic heterocycles. The Kier molecular flexibility index (Phi) is 16.4. The van der Waals surface area contributed by atoms with E-state index in [2.05, 4.69) is 5.32 Å². The molecule has 1 saturated heterocycles. The Balaban J connectivity index is 0.000000277. The van der Waals surface area contributed by atoms with Gasteiger partial charge >= 0.3 is 29.8 Å². The number of hydrogen-bond acceptors (Lipinski definition) is 18. The lowest BCUT2D eigenvalue weighted by atomic mass is 9.44. The minimum atomic E-state index is -2.39. The van der Waals surface area contributed by atoms with Crippen LogP contribution in [-0.2, 0) is 42.9 Å². The smallest absolute Gasteiger partial charge is 0.338 e. The van der Waals surface area contributed by atoms with Crippen molar-refractivity contribution < 1.29 is 87.2 Å². The number of aliphatic hydroxyl groups is 3. The molecule has 87 heavy (non-hydrogen) atoms. The first-order chi connectivity index (χ1) is 41.3. The zero-order chi connectivity index (χ0) is 62.5. The molecule has 0 radical (unpaired) electrons. The number of carbonyl (C=O) groups is 7. The molecule has 20 heteroatoms. The number of ketones is 1. The fourth-order valence-electron chi connectivity index (χ4n) is 13.2. The van der Waals surface area contributed by atoms with Crippen LogP contribution in [0.2, 0.25) is 0 Å². The number of aromatic carboxylic acids is 1. The number of carboxylic acids is 1. The van der Waals surface area contributed by atoms with Crippen LogP contribution in [0, 0.1) is 16.7 Å². The Hall–Kier alpha value is -9.34. The number of rotatable bonds is 12. The third-order valence-corrected chi connectivity index (χ3v) is 17.6. The molecule has 6 N–H and O–H groups in total. The molecule has 11 rings (SSSR count). The first-order valence-electron chi connectivity index (χ1n) is 28.0. The Morgan fingerprint density at radius 1 is 0.736 bits per heavy atom. The van der Waals surface area contributed by atoms with Gasteiger partial charge in [-0.05, 0) is 90.7 Å². The molecule has 3 fully saturated rings. The van der Waals surface area contributed by atoms with Gasteiger partial charge in [0.05, 0.1) is 41.2 Å². The van der Waals surface area contributed by atoms with Crippen LogP contribution in [0.3, 0.4) is 0 Å². The van der Waals surface area contributed by atoms with Crippen molar-refractivity contribution in [3.05, 3.63) is 195 Å². The Morgan fingerprint density at radius 3 is 1.99 bits per heavy atom. The van der Waals surface area contributed by atoms with Crippen LogP contribution in [0.4, 0.5) is 0 Å². The standard InChI is InChI=1S/C47H51NO14.C20H12O5/c1-25-31(60-43(56)36(52)35(28-16-10-7-11-17-28)48-41(54)29-18-12-8-13-19-29)23-47(57)40(61-42(55)30-20-14-9-15-21-30)38-45(6,32(51)22-33-46(38,24-58-33)62-27(3)50)39(53)37(59-26(2)49)34(25)44(47,4)5;21-11-5-7-15-17(9-11)25-18-10-12(22)6-8-16(18)19(15)13-3-1-2-4-14(13)20(23)24/h7-21,31-33,35-38,40,51-52,57H,22-24H2,1-6H3,(H,48,54);1-10,21H,(H,23,24)/t31-,32-,33+,35-,36+,37+,38-,40-,45+,46-,47+;/m0./s1. The molecule has 2 heterocycles. The summed E-state index contributed by atoms with van der Waals surface area (Å²) >= 11 is 0. The topological polar surface area (TPSA) is 309 Å². The number of Topliss-reactive ketones (excluding diaryl/α,β-unsaturated/α-hetero) is 1. The second-order valence-electron chi connectivity index (χ2n) is 23.0. The fraction of sp³-hybridized carbons (Fsp3) is 0.313. The van der Waals surface area contributed by atoms with Crippen molar-refractivity contribution in [1.29, 1.82) is 0 Å². The second kappa shape index (κ2) is 23.5. The molecule has 6 aliphatic rings. The molecule has 0 spiro atoms. The normalized spacial score (nSPS) is 25.9. The van der Waals surface area contributed by atoms with Crippen molar-refractivity contribution in [1.82, 2.24) is 5.32 Å². The van der Waals surface area contributed by atoms with E-state index in [1.807, 2.05) is 0 Å². The quantitative estimate of drug-likeness (QED) is 0.0295. The van der Waals surface area contributed by atoms with Gasteiger partial charge in [0.15, 0.2) is 29.0 Å². The third-order valence-electron chi connectivity index (χ3n) is 17.6. The molecular formula is C67H63NO19. The molecule has 5 aromatic carbocycles. The summed E-state index contributed by atoms with van der Waals surface area (Å²) < 4.78 is 36.0. The van der Waals surface area contributed by atoms with E-state index in [0.717, 1.165) is 13.8 Å². The molecule has 1 amide bonds. The van der Waals surface area contributed by atoms with Crippen LogP contribution in [0.1, 0.15) is 97.1 Å². The molecule has 5 aromatic rings. The molecule has 20 nitrogen and oxygen atoms in total. The van der Waals surface area contributed by atoms with Gasteiger partial charge in [-0.3, -0.25) is 24.0 Å². The average Bonchev–Trinajstić information content (AvgIpc) is 0.674. The van der Waals surface area contributed by atoms with Crippen molar-refractivity contribution >= 4 is 52.5 Å². The SMILES string of the molecule is CC(=O)O[C@H]1C(=O)[C@@]2(C)[C@H]([C@H](OC(=O)c3ccccc3)[C@]3(O)C[C@H](OC(=O)[C@H](O)[C@@H](NC(=O)c4ccccc4)c4ccccc4)C(C)=C1C3(C)C)[C@]1(OC(C)=O)CO[C@@H]1C[C@@H]2O.O=C(O)c1ccccc1-c1c2ccc(=O)cc-2oc2cc(O)ccc12. The summed E-state index contributed by atoms with van der Waals surface area (Å²) in [5, 5.41) is 60.2. The molecule has 450 valence electrons. The number of carboxylic acid groups (broad SMARTS) is 1. The van der Waals surface area contributed by atoms with E-state index in [0.29, 0.717) is 39.0 Å². The van der Waals surface area contributed by atoms with Gasteiger partial charge in [-0.1, -0.05) is 98.8 Å². The van der Waals surface area contributed by atoms with Crippen molar-refractivity contribution in [2.45, 2.75) is 108 Å². The van der Waals surface area contributed by atoms with Gasteiger partial charge in [0, 0.05) is 66.3 Å². The predicted octanol–water partition coefficient (Wildman–Crippen LogP) is 7.70. The summed E-state index contributed by atoms with van der Waals surface area (Å²) in [6.07, 6.45) is -10.5. The number of ether oxygens (including phenoxy) is 5. The number of phenolic OH excluding ortho intramolecular Hbond substituents is 1. The lowest BCUT2D eigenvalue weighted by molar-refractivity contribution is -0.346. The van der Waals surface area contributed by atoms with Crippen LogP contribution < -0.4 is 10.7 Å². The van der Waals surface area contributed by atoms with E-state index in [-0.39, 0.29) is 52.0 Å². The minimum Gasteiger partial charge on any atom is -0.508 e. The van der Waals surface area contributed by atoms with E-state index in [4.69, 9.17) is 28.1 Å². The number of carbonyl (C=O) groups excluding carboxylic acids is 6. The third kappa shape index (κ3) is 10.8. The zero-order valence-corrected chi connectivity index (χ0v) is 48.1. The Labute approximate surface area is 498 Å². The van der Waals surface area contributed by atoms with Crippen molar-refractivity contribution in [2.24, 2.45) is 16.7 Å². The summed E-state index contributed by atoms with van der Waals surface area (Å²) in [5.74, 6) is -7.53. The summed E-state index contributed by atoms with van der Waals surface area (Å²) in [6.45, 7) is 7.97. The van der Waals surface area contributed by atoms with Gasteiger partial charge in [-0.15, -0.1) is 0 Å². The van der Waals surface area contributed by atoms with Gasteiger partial charge < -0.3 is 59.0 Å². The molecule has 4 aliphatic carbocycles. The predicted molar refractivity (Wildman–Crippen MR) is 311 cm³/mol. The highest BCUT2D eigenvalue weighted by atomic mass is 16.6. The maximum atomic E-state index is 15.5. The first kappa shape index (κ1) is 60.8. The summed E-state index contributed by atoms with van der Waals surface area (Å²) in [6, 6.07) is 38.6. The van der Waals surface area contributed by atoms with Gasteiger partial charge in [-0.25, -0.2) is 14.4 Å². The van der Waals surface area contributed by atoms with Crippen LogP contribution in [0.15, 0.2) is 172 Å². The summed E-state index contributed by atoms with van der Waals surface area (Å²) in [7, 11) is 0. The number of phenols is 1. The zero-order valence-electron chi connectivity index (χ0n) is 48.1. The highest BCUT2D eigenvalue weighted by Gasteiger charge is 2.78. The number of nitrogens with one attached hydrogen (secondary N) is 1. The van der Waals surface area contributed by atoms with Crippen molar-refractivity contribution in [3.63, 3.8) is 0 Å².